The normalized spacial score (nSPS) is 19.0. The van der Waals surface area contributed by atoms with Gasteiger partial charge >= 0.3 is 0 Å². The third-order valence-corrected chi connectivity index (χ3v) is 4.23. The second kappa shape index (κ2) is 7.76. The summed E-state index contributed by atoms with van der Waals surface area (Å²) in [5.74, 6) is 1.80. The molecule has 1 aliphatic heterocycles. The summed E-state index contributed by atoms with van der Waals surface area (Å²) in [6.45, 7) is 11.3. The van der Waals surface area contributed by atoms with Crippen molar-refractivity contribution in [2.24, 2.45) is 5.92 Å². The van der Waals surface area contributed by atoms with E-state index in [0.29, 0.717) is 5.92 Å². The first-order valence-electron chi connectivity index (χ1n) is 8.07. The second-order valence-electron chi connectivity index (χ2n) is 6.07. The van der Waals surface area contributed by atoms with E-state index in [2.05, 4.69) is 37.1 Å². The average molecular weight is 291 g/mol. The molecule has 0 saturated carbocycles. The Kier molecular flexibility index (Phi) is 6.00. The van der Waals surface area contributed by atoms with Crippen molar-refractivity contribution in [3.8, 4) is 0 Å². The molecule has 0 spiro atoms. The molecule has 0 aliphatic carbocycles. The molecule has 2 heterocycles. The van der Waals surface area contributed by atoms with Gasteiger partial charge in [-0.1, -0.05) is 6.92 Å². The number of ether oxygens (including phenoxy) is 1. The van der Waals surface area contributed by atoms with Gasteiger partial charge in [0.25, 0.3) is 0 Å². The minimum Gasteiger partial charge on any atom is -0.384 e. The van der Waals surface area contributed by atoms with Crippen molar-refractivity contribution >= 4 is 5.82 Å². The summed E-state index contributed by atoms with van der Waals surface area (Å²) in [7, 11) is 1.80. The predicted octanol–water partition coefficient (Wildman–Crippen LogP) is 2.67. The van der Waals surface area contributed by atoms with Crippen molar-refractivity contribution in [1.82, 2.24) is 10.3 Å². The highest BCUT2D eigenvalue weighted by molar-refractivity contribution is 5.52. The fourth-order valence-electron chi connectivity index (χ4n) is 3.20. The zero-order chi connectivity index (χ0) is 15.2. The Hall–Kier alpha value is -1.13. The maximum Gasteiger partial charge on any atom is 0.133 e. The highest BCUT2D eigenvalue weighted by atomic mass is 16.5. The number of aryl methyl sites for hydroxylation is 2. The third kappa shape index (κ3) is 4.17. The van der Waals surface area contributed by atoms with Crippen LogP contribution in [0.4, 0.5) is 5.82 Å². The van der Waals surface area contributed by atoms with Gasteiger partial charge in [-0.05, 0) is 50.8 Å². The Balaban J connectivity index is 2.23. The van der Waals surface area contributed by atoms with Crippen LogP contribution in [0.2, 0.25) is 0 Å². The van der Waals surface area contributed by atoms with Gasteiger partial charge in [0, 0.05) is 38.0 Å². The van der Waals surface area contributed by atoms with E-state index in [4.69, 9.17) is 9.72 Å². The van der Waals surface area contributed by atoms with Crippen molar-refractivity contribution < 1.29 is 4.74 Å². The average Bonchev–Trinajstić information content (AvgIpc) is 2.46. The molecule has 118 valence electrons. The standard InChI is InChI=1S/C17H29N3O/c1-5-18-10-16-13(2)9-14(3)19-17(16)20-8-6-7-15(11-20)12-21-4/h9,15,18H,5-8,10-12H2,1-4H3. The van der Waals surface area contributed by atoms with Crippen LogP contribution in [0.15, 0.2) is 6.07 Å². The van der Waals surface area contributed by atoms with E-state index in [9.17, 15) is 0 Å². The number of aromatic nitrogens is 1. The fourth-order valence-corrected chi connectivity index (χ4v) is 3.20. The van der Waals surface area contributed by atoms with E-state index in [1.807, 2.05) is 0 Å². The molecule has 2 rings (SSSR count). The van der Waals surface area contributed by atoms with E-state index in [1.165, 1.54) is 29.8 Å². The topological polar surface area (TPSA) is 37.4 Å². The second-order valence-corrected chi connectivity index (χ2v) is 6.07. The van der Waals surface area contributed by atoms with Gasteiger partial charge in [-0.2, -0.15) is 0 Å². The maximum atomic E-state index is 5.35. The summed E-state index contributed by atoms with van der Waals surface area (Å²) < 4.78 is 5.35. The summed E-state index contributed by atoms with van der Waals surface area (Å²) in [5, 5.41) is 3.45. The number of anilines is 1. The number of hydrogen-bond donors (Lipinski definition) is 1. The number of rotatable bonds is 6. The molecule has 0 bridgehead atoms. The molecule has 1 fully saturated rings. The molecule has 4 heteroatoms. The molecule has 1 atom stereocenters. The van der Waals surface area contributed by atoms with Gasteiger partial charge in [-0.3, -0.25) is 0 Å². The van der Waals surface area contributed by atoms with Gasteiger partial charge in [0.2, 0.25) is 0 Å². The van der Waals surface area contributed by atoms with Crippen LogP contribution in [0, 0.1) is 19.8 Å². The first-order chi connectivity index (χ1) is 10.2. The largest absolute Gasteiger partial charge is 0.384 e. The van der Waals surface area contributed by atoms with E-state index < -0.39 is 0 Å². The third-order valence-electron chi connectivity index (χ3n) is 4.23. The monoisotopic (exact) mass is 291 g/mol. The Bertz CT molecular complexity index is 460. The Morgan fingerprint density at radius 3 is 2.95 bits per heavy atom. The molecule has 21 heavy (non-hydrogen) atoms. The lowest BCUT2D eigenvalue weighted by atomic mass is 9.98. The molecule has 1 aromatic rings. The Morgan fingerprint density at radius 2 is 2.24 bits per heavy atom. The Labute approximate surface area is 128 Å². The van der Waals surface area contributed by atoms with Gasteiger partial charge in [0.05, 0.1) is 6.61 Å². The van der Waals surface area contributed by atoms with Gasteiger partial charge < -0.3 is 15.0 Å². The maximum absolute atomic E-state index is 5.35. The van der Waals surface area contributed by atoms with Crippen LogP contribution in [-0.2, 0) is 11.3 Å². The first-order valence-corrected chi connectivity index (χ1v) is 8.07. The highest BCUT2D eigenvalue weighted by Gasteiger charge is 2.23. The van der Waals surface area contributed by atoms with Crippen LogP contribution in [0.1, 0.15) is 36.6 Å². The van der Waals surface area contributed by atoms with Crippen molar-refractivity contribution in [2.45, 2.75) is 40.2 Å². The van der Waals surface area contributed by atoms with Crippen molar-refractivity contribution in [3.63, 3.8) is 0 Å². The lowest BCUT2D eigenvalue weighted by Gasteiger charge is -2.35. The van der Waals surface area contributed by atoms with Crippen LogP contribution < -0.4 is 10.2 Å². The van der Waals surface area contributed by atoms with Crippen molar-refractivity contribution in [3.05, 3.63) is 22.9 Å². The quantitative estimate of drug-likeness (QED) is 0.874. The van der Waals surface area contributed by atoms with Crippen LogP contribution >= 0.6 is 0 Å². The van der Waals surface area contributed by atoms with Crippen molar-refractivity contribution in [2.75, 3.05) is 38.3 Å². The molecule has 4 nitrogen and oxygen atoms in total. The molecule has 1 aromatic heterocycles. The lowest BCUT2D eigenvalue weighted by molar-refractivity contribution is 0.143. The summed E-state index contributed by atoms with van der Waals surface area (Å²) in [5.41, 5.74) is 3.80. The minimum absolute atomic E-state index is 0.623. The zero-order valence-electron chi connectivity index (χ0n) is 13.9. The van der Waals surface area contributed by atoms with E-state index >= 15 is 0 Å². The number of hydrogen-bond acceptors (Lipinski definition) is 4. The van der Waals surface area contributed by atoms with Gasteiger partial charge in [0.1, 0.15) is 5.82 Å². The molecular weight excluding hydrogens is 262 g/mol. The molecule has 1 saturated heterocycles. The molecule has 1 aliphatic rings. The molecule has 0 radical (unpaired) electrons. The molecule has 1 unspecified atom stereocenters. The number of piperidine rings is 1. The van der Waals surface area contributed by atoms with E-state index in [1.54, 1.807) is 7.11 Å². The van der Waals surface area contributed by atoms with E-state index in [-0.39, 0.29) is 0 Å². The zero-order valence-corrected chi connectivity index (χ0v) is 13.9. The van der Waals surface area contributed by atoms with E-state index in [0.717, 1.165) is 38.5 Å². The van der Waals surface area contributed by atoms with Gasteiger partial charge in [-0.15, -0.1) is 0 Å². The molecule has 0 aromatic carbocycles. The Morgan fingerprint density at radius 1 is 1.43 bits per heavy atom. The number of pyridine rings is 1. The molecule has 0 amide bonds. The smallest absolute Gasteiger partial charge is 0.133 e. The number of nitrogens with zero attached hydrogens (tertiary/aromatic N) is 2. The lowest BCUT2D eigenvalue weighted by Crippen LogP contribution is -2.38. The first kappa shape index (κ1) is 16.2. The molecular formula is C17H29N3O. The van der Waals surface area contributed by atoms with Crippen LogP contribution in [0.5, 0.6) is 0 Å². The summed E-state index contributed by atoms with van der Waals surface area (Å²) in [4.78, 5) is 7.31. The molecule has 1 N–H and O–H groups in total. The van der Waals surface area contributed by atoms with Crippen LogP contribution in [0.3, 0.4) is 0 Å². The summed E-state index contributed by atoms with van der Waals surface area (Å²) in [6.07, 6.45) is 2.49. The highest BCUT2D eigenvalue weighted by Crippen LogP contribution is 2.27. The van der Waals surface area contributed by atoms with Gasteiger partial charge in [-0.25, -0.2) is 4.98 Å². The minimum atomic E-state index is 0.623. The summed E-state index contributed by atoms with van der Waals surface area (Å²) in [6, 6.07) is 2.19. The van der Waals surface area contributed by atoms with Crippen molar-refractivity contribution in [1.29, 1.82) is 0 Å². The van der Waals surface area contributed by atoms with Gasteiger partial charge in [0.15, 0.2) is 0 Å². The van der Waals surface area contributed by atoms with Crippen LogP contribution in [0.25, 0.3) is 0 Å². The summed E-state index contributed by atoms with van der Waals surface area (Å²) >= 11 is 0. The fraction of sp³-hybridized carbons (Fsp3) is 0.706. The number of methoxy groups -OCH3 is 1. The van der Waals surface area contributed by atoms with Crippen LogP contribution in [-0.4, -0.2) is 38.3 Å². The predicted molar refractivity (Wildman–Crippen MR) is 87.9 cm³/mol. The SMILES string of the molecule is CCNCc1c(C)cc(C)nc1N1CCCC(COC)C1. The number of nitrogens with one attached hydrogen (secondary N) is 1.